The quantitative estimate of drug-likeness (QED) is 0.812. The molecule has 0 radical (unpaired) electrons. The highest BCUT2D eigenvalue weighted by atomic mass is 16.5. The van der Waals surface area contributed by atoms with Crippen molar-refractivity contribution in [1.82, 2.24) is 15.0 Å². The van der Waals surface area contributed by atoms with Crippen LogP contribution in [0.3, 0.4) is 0 Å². The predicted octanol–water partition coefficient (Wildman–Crippen LogP) is 3.20. The normalized spacial score (nSPS) is 20.4. The highest BCUT2D eigenvalue weighted by Gasteiger charge is 2.17. The van der Waals surface area contributed by atoms with Gasteiger partial charge in [0.25, 0.3) is 0 Å². The number of aromatic nitrogens is 3. The summed E-state index contributed by atoms with van der Waals surface area (Å²) in [6.45, 7) is 1.69. The summed E-state index contributed by atoms with van der Waals surface area (Å²) >= 11 is 0. The molecule has 4 rings (SSSR count). The zero-order valence-corrected chi connectivity index (χ0v) is 13.9. The average Bonchev–Trinajstić information content (AvgIpc) is 3.35. The van der Waals surface area contributed by atoms with Crippen LogP contribution < -0.4 is 0 Å². The Morgan fingerprint density at radius 2 is 2.00 bits per heavy atom. The van der Waals surface area contributed by atoms with Gasteiger partial charge in [-0.15, -0.1) is 5.10 Å². The first kappa shape index (κ1) is 15.4. The Labute approximate surface area is 143 Å². The van der Waals surface area contributed by atoms with Crippen molar-refractivity contribution in [3.63, 3.8) is 0 Å². The zero-order chi connectivity index (χ0) is 16.2. The highest BCUT2D eigenvalue weighted by Crippen LogP contribution is 2.27. The standard InChI is InChI=1S/C20H23N3O/c1-2-12-24-20(3-1)15-23-14-19(21-22-23)13-18-10-8-17(9-11-18)7-6-16-4-5-16/h8-11,14,16,20H,1-5,12-13,15H2. The van der Waals surface area contributed by atoms with Crippen LogP contribution in [0.15, 0.2) is 30.5 Å². The van der Waals surface area contributed by atoms with Crippen molar-refractivity contribution < 1.29 is 4.74 Å². The molecule has 1 aromatic carbocycles. The molecule has 2 heterocycles. The third kappa shape index (κ3) is 4.24. The lowest BCUT2D eigenvalue weighted by molar-refractivity contribution is 0.00370. The van der Waals surface area contributed by atoms with E-state index in [0.717, 1.165) is 37.3 Å². The van der Waals surface area contributed by atoms with Crippen LogP contribution in [0.25, 0.3) is 0 Å². The van der Waals surface area contributed by atoms with Crippen molar-refractivity contribution in [3.05, 3.63) is 47.3 Å². The lowest BCUT2D eigenvalue weighted by Crippen LogP contribution is -2.24. The van der Waals surface area contributed by atoms with E-state index >= 15 is 0 Å². The van der Waals surface area contributed by atoms with E-state index in [9.17, 15) is 0 Å². The van der Waals surface area contributed by atoms with Crippen LogP contribution in [0.2, 0.25) is 0 Å². The van der Waals surface area contributed by atoms with E-state index in [-0.39, 0.29) is 6.10 Å². The summed E-state index contributed by atoms with van der Waals surface area (Å²) in [4.78, 5) is 0. The van der Waals surface area contributed by atoms with E-state index in [1.807, 2.05) is 10.9 Å². The molecule has 4 nitrogen and oxygen atoms in total. The summed E-state index contributed by atoms with van der Waals surface area (Å²) in [5.74, 6) is 7.19. The molecular weight excluding hydrogens is 298 g/mol. The SMILES string of the molecule is C(#CC1CC1)c1ccc(Cc2cn(CC3CCCCO3)nn2)cc1. The number of nitrogens with zero attached hydrogens (tertiary/aromatic N) is 3. The van der Waals surface area contributed by atoms with Crippen molar-refractivity contribution in [2.45, 2.75) is 51.2 Å². The van der Waals surface area contributed by atoms with E-state index in [1.165, 1.54) is 31.2 Å². The molecule has 1 unspecified atom stereocenters. The van der Waals surface area contributed by atoms with Gasteiger partial charge >= 0.3 is 0 Å². The van der Waals surface area contributed by atoms with Gasteiger partial charge in [-0.05, 0) is 49.8 Å². The fraction of sp³-hybridized carbons (Fsp3) is 0.500. The Morgan fingerprint density at radius 1 is 1.12 bits per heavy atom. The first-order chi connectivity index (χ1) is 11.8. The van der Waals surface area contributed by atoms with Crippen LogP contribution >= 0.6 is 0 Å². The summed E-state index contributed by atoms with van der Waals surface area (Å²) < 4.78 is 7.68. The number of benzene rings is 1. The number of rotatable bonds is 4. The van der Waals surface area contributed by atoms with Gasteiger partial charge in [0.1, 0.15) is 0 Å². The molecular formula is C20H23N3O. The van der Waals surface area contributed by atoms with Crippen LogP contribution in [-0.2, 0) is 17.7 Å². The van der Waals surface area contributed by atoms with Gasteiger partial charge in [0.05, 0.1) is 18.3 Å². The van der Waals surface area contributed by atoms with E-state index < -0.39 is 0 Å². The molecule has 4 heteroatoms. The van der Waals surface area contributed by atoms with Gasteiger partial charge in [-0.3, -0.25) is 0 Å². The third-order valence-electron chi connectivity index (χ3n) is 4.59. The molecule has 1 aliphatic heterocycles. The fourth-order valence-electron chi connectivity index (χ4n) is 3.00. The third-order valence-corrected chi connectivity index (χ3v) is 4.59. The minimum atomic E-state index is 0.289. The lowest BCUT2D eigenvalue weighted by atomic mass is 10.1. The summed E-state index contributed by atoms with van der Waals surface area (Å²) in [7, 11) is 0. The molecule has 0 N–H and O–H groups in total. The fourth-order valence-corrected chi connectivity index (χ4v) is 3.00. The molecule has 2 aliphatic rings. The van der Waals surface area contributed by atoms with Crippen molar-refractivity contribution in [2.75, 3.05) is 6.61 Å². The maximum Gasteiger partial charge on any atom is 0.0870 e. The molecule has 1 aromatic heterocycles. The molecule has 1 atom stereocenters. The van der Waals surface area contributed by atoms with Crippen molar-refractivity contribution in [2.24, 2.45) is 5.92 Å². The van der Waals surface area contributed by atoms with Crippen LogP contribution in [0.1, 0.15) is 48.9 Å². The molecule has 0 spiro atoms. The lowest BCUT2D eigenvalue weighted by Gasteiger charge is -2.21. The number of hydrogen-bond acceptors (Lipinski definition) is 3. The Bertz CT molecular complexity index is 728. The van der Waals surface area contributed by atoms with Gasteiger partial charge in [-0.1, -0.05) is 29.2 Å². The van der Waals surface area contributed by atoms with Crippen molar-refractivity contribution in [1.29, 1.82) is 0 Å². The predicted molar refractivity (Wildman–Crippen MR) is 92.5 cm³/mol. The van der Waals surface area contributed by atoms with Crippen LogP contribution in [0.5, 0.6) is 0 Å². The van der Waals surface area contributed by atoms with E-state index in [2.05, 4.69) is 46.4 Å². The molecule has 1 saturated heterocycles. The molecule has 2 aromatic rings. The van der Waals surface area contributed by atoms with Gasteiger partial charge in [0.15, 0.2) is 0 Å². The second-order valence-corrected chi connectivity index (χ2v) is 6.84. The highest BCUT2D eigenvalue weighted by molar-refractivity contribution is 5.37. The molecule has 1 aliphatic carbocycles. The van der Waals surface area contributed by atoms with Gasteiger partial charge in [0.2, 0.25) is 0 Å². The second kappa shape index (κ2) is 7.19. The number of ether oxygens (including phenoxy) is 1. The van der Waals surface area contributed by atoms with Gasteiger partial charge in [0, 0.05) is 30.7 Å². The van der Waals surface area contributed by atoms with Gasteiger partial charge in [-0.25, -0.2) is 4.68 Å². The topological polar surface area (TPSA) is 39.9 Å². The van der Waals surface area contributed by atoms with Crippen LogP contribution in [0, 0.1) is 17.8 Å². The monoisotopic (exact) mass is 321 g/mol. The first-order valence-corrected chi connectivity index (χ1v) is 8.96. The maximum absolute atomic E-state index is 5.77. The minimum Gasteiger partial charge on any atom is -0.376 e. The Morgan fingerprint density at radius 3 is 2.75 bits per heavy atom. The van der Waals surface area contributed by atoms with Crippen molar-refractivity contribution in [3.8, 4) is 11.8 Å². The average molecular weight is 321 g/mol. The molecule has 1 saturated carbocycles. The summed E-state index contributed by atoms with van der Waals surface area (Å²) in [6.07, 6.45) is 9.23. The maximum atomic E-state index is 5.77. The summed E-state index contributed by atoms with van der Waals surface area (Å²) in [5, 5.41) is 8.54. The molecule has 124 valence electrons. The Kier molecular flexibility index (Phi) is 4.62. The van der Waals surface area contributed by atoms with Crippen molar-refractivity contribution >= 4 is 0 Å². The molecule has 0 amide bonds. The molecule has 24 heavy (non-hydrogen) atoms. The van der Waals surface area contributed by atoms with Gasteiger partial charge in [-0.2, -0.15) is 0 Å². The zero-order valence-electron chi connectivity index (χ0n) is 13.9. The van der Waals surface area contributed by atoms with Gasteiger partial charge < -0.3 is 4.74 Å². The Hall–Kier alpha value is -2.12. The minimum absolute atomic E-state index is 0.289. The molecule has 2 fully saturated rings. The Balaban J connectivity index is 1.34. The number of hydrogen-bond donors (Lipinski definition) is 0. The molecule has 0 bridgehead atoms. The summed E-state index contributed by atoms with van der Waals surface area (Å²) in [5.41, 5.74) is 3.35. The van der Waals surface area contributed by atoms with E-state index in [0.29, 0.717) is 5.92 Å². The smallest absolute Gasteiger partial charge is 0.0870 e. The van der Waals surface area contributed by atoms with E-state index in [1.54, 1.807) is 0 Å². The van der Waals surface area contributed by atoms with Crippen LogP contribution in [-0.4, -0.2) is 27.7 Å². The first-order valence-electron chi connectivity index (χ1n) is 8.96. The van der Waals surface area contributed by atoms with Crippen LogP contribution in [0.4, 0.5) is 0 Å². The summed E-state index contributed by atoms with van der Waals surface area (Å²) in [6, 6.07) is 8.48. The largest absolute Gasteiger partial charge is 0.376 e. The second-order valence-electron chi connectivity index (χ2n) is 6.84. The van der Waals surface area contributed by atoms with E-state index in [4.69, 9.17) is 4.74 Å².